The molecule has 1 aliphatic rings. The van der Waals surface area contributed by atoms with Gasteiger partial charge in [0.15, 0.2) is 0 Å². The monoisotopic (exact) mass is 271 g/mol. The highest BCUT2D eigenvalue weighted by atomic mass is 16.5. The molecule has 4 heteroatoms. The lowest BCUT2D eigenvalue weighted by molar-refractivity contribution is 0.0835. The number of likely N-dealkylation sites (N-methyl/N-ethyl adjacent to an activating group) is 1. The third-order valence-corrected chi connectivity index (χ3v) is 4.13. The van der Waals surface area contributed by atoms with Crippen LogP contribution in [0.5, 0.6) is 0 Å². The number of methoxy groups -OCH3 is 1. The average Bonchev–Trinajstić information content (AvgIpc) is 2.37. The Kier molecular flexibility index (Phi) is 7.91. The Labute approximate surface area is 119 Å². The van der Waals surface area contributed by atoms with Crippen LogP contribution in [0.1, 0.15) is 26.7 Å². The summed E-state index contributed by atoms with van der Waals surface area (Å²) in [5, 5.41) is 3.53. The SMILES string of the molecule is COCC(CNC(C)C)N(C)CC1CCN(C)CC1. The molecule has 1 fully saturated rings. The maximum Gasteiger partial charge on any atom is 0.0630 e. The van der Waals surface area contributed by atoms with Crippen LogP contribution in [0.3, 0.4) is 0 Å². The second-order valence-electron chi connectivity index (χ2n) is 6.36. The van der Waals surface area contributed by atoms with Crippen molar-refractivity contribution in [1.29, 1.82) is 0 Å². The minimum Gasteiger partial charge on any atom is -0.383 e. The Balaban J connectivity index is 2.35. The van der Waals surface area contributed by atoms with Crippen molar-refractivity contribution in [2.45, 2.75) is 38.8 Å². The van der Waals surface area contributed by atoms with E-state index in [1.165, 1.54) is 32.5 Å². The molecule has 0 aromatic rings. The van der Waals surface area contributed by atoms with E-state index in [2.05, 4.69) is 43.1 Å². The van der Waals surface area contributed by atoms with Gasteiger partial charge in [-0.25, -0.2) is 0 Å². The first-order valence-corrected chi connectivity index (χ1v) is 7.64. The van der Waals surface area contributed by atoms with Crippen LogP contribution in [0, 0.1) is 5.92 Å². The van der Waals surface area contributed by atoms with Crippen LogP contribution >= 0.6 is 0 Å². The summed E-state index contributed by atoms with van der Waals surface area (Å²) >= 11 is 0. The van der Waals surface area contributed by atoms with Crippen LogP contribution in [0.4, 0.5) is 0 Å². The zero-order valence-electron chi connectivity index (χ0n) is 13.5. The van der Waals surface area contributed by atoms with Crippen LogP contribution in [0.2, 0.25) is 0 Å². The van der Waals surface area contributed by atoms with Gasteiger partial charge in [0.25, 0.3) is 0 Å². The van der Waals surface area contributed by atoms with E-state index in [9.17, 15) is 0 Å². The molecule has 1 aliphatic heterocycles. The minimum atomic E-state index is 0.479. The third-order valence-electron chi connectivity index (χ3n) is 4.13. The second kappa shape index (κ2) is 8.90. The zero-order chi connectivity index (χ0) is 14.3. The van der Waals surface area contributed by atoms with Gasteiger partial charge in [0, 0.05) is 32.3 Å². The molecule has 0 aromatic carbocycles. The van der Waals surface area contributed by atoms with Crippen molar-refractivity contribution in [1.82, 2.24) is 15.1 Å². The van der Waals surface area contributed by atoms with Crippen LogP contribution < -0.4 is 5.32 Å². The molecule has 0 amide bonds. The van der Waals surface area contributed by atoms with Crippen molar-refractivity contribution < 1.29 is 4.74 Å². The maximum atomic E-state index is 5.37. The number of ether oxygens (including phenoxy) is 1. The largest absolute Gasteiger partial charge is 0.383 e. The van der Waals surface area contributed by atoms with Crippen molar-refractivity contribution in [3.8, 4) is 0 Å². The molecule has 1 heterocycles. The van der Waals surface area contributed by atoms with Crippen molar-refractivity contribution in [2.75, 3.05) is 54.0 Å². The summed E-state index contributed by atoms with van der Waals surface area (Å²) in [6.45, 7) is 9.90. The molecule has 1 atom stereocenters. The van der Waals surface area contributed by atoms with Gasteiger partial charge in [0.05, 0.1) is 6.61 Å². The average molecular weight is 271 g/mol. The van der Waals surface area contributed by atoms with Crippen LogP contribution in [0.25, 0.3) is 0 Å². The normalized spacial score (nSPS) is 20.4. The van der Waals surface area contributed by atoms with E-state index >= 15 is 0 Å². The molecular formula is C15H33N3O. The Morgan fingerprint density at radius 2 is 1.95 bits per heavy atom. The molecule has 0 spiro atoms. The molecule has 0 bridgehead atoms. The lowest BCUT2D eigenvalue weighted by Gasteiger charge is -2.35. The van der Waals surface area contributed by atoms with Crippen molar-refractivity contribution in [2.24, 2.45) is 5.92 Å². The predicted molar refractivity (Wildman–Crippen MR) is 81.7 cm³/mol. The Morgan fingerprint density at radius 1 is 1.32 bits per heavy atom. The van der Waals surface area contributed by atoms with E-state index in [1.54, 1.807) is 7.11 Å². The predicted octanol–water partition coefficient (Wildman–Crippen LogP) is 1.27. The number of nitrogens with zero attached hydrogens (tertiary/aromatic N) is 2. The fourth-order valence-corrected chi connectivity index (χ4v) is 2.71. The van der Waals surface area contributed by atoms with Gasteiger partial charge in [-0.05, 0) is 45.9 Å². The zero-order valence-corrected chi connectivity index (χ0v) is 13.5. The molecule has 1 saturated heterocycles. The number of nitrogens with one attached hydrogen (secondary N) is 1. The molecule has 0 aromatic heterocycles. The van der Waals surface area contributed by atoms with E-state index in [0.717, 1.165) is 19.1 Å². The van der Waals surface area contributed by atoms with E-state index in [0.29, 0.717) is 12.1 Å². The third kappa shape index (κ3) is 6.70. The molecule has 1 unspecified atom stereocenters. The van der Waals surface area contributed by atoms with Gasteiger partial charge >= 0.3 is 0 Å². The molecule has 0 aliphatic carbocycles. The van der Waals surface area contributed by atoms with Crippen molar-refractivity contribution in [3.05, 3.63) is 0 Å². The standard InChI is InChI=1S/C15H33N3O/c1-13(2)16-10-15(12-19-5)18(4)11-14-6-8-17(3)9-7-14/h13-16H,6-12H2,1-5H3. The Morgan fingerprint density at radius 3 is 2.47 bits per heavy atom. The first kappa shape index (κ1) is 16.9. The van der Waals surface area contributed by atoms with Crippen LogP contribution in [0.15, 0.2) is 0 Å². The van der Waals surface area contributed by atoms with Crippen LogP contribution in [-0.4, -0.2) is 75.9 Å². The second-order valence-corrected chi connectivity index (χ2v) is 6.36. The fraction of sp³-hybridized carbons (Fsp3) is 1.00. The highest BCUT2D eigenvalue weighted by Crippen LogP contribution is 2.17. The van der Waals surface area contributed by atoms with Gasteiger partial charge in [0.1, 0.15) is 0 Å². The number of hydrogen-bond donors (Lipinski definition) is 1. The number of likely N-dealkylation sites (tertiary alicyclic amines) is 1. The first-order chi connectivity index (χ1) is 9.02. The summed E-state index contributed by atoms with van der Waals surface area (Å²) in [6.07, 6.45) is 2.66. The Bertz CT molecular complexity index is 227. The lowest BCUT2D eigenvalue weighted by atomic mass is 9.96. The Hall–Kier alpha value is -0.160. The lowest BCUT2D eigenvalue weighted by Crippen LogP contribution is -2.47. The summed E-state index contributed by atoms with van der Waals surface area (Å²) in [6, 6.07) is 1.02. The number of rotatable bonds is 8. The molecule has 0 radical (unpaired) electrons. The summed E-state index contributed by atoms with van der Waals surface area (Å²) < 4.78 is 5.37. The summed E-state index contributed by atoms with van der Waals surface area (Å²) in [5.41, 5.74) is 0. The molecule has 114 valence electrons. The summed E-state index contributed by atoms with van der Waals surface area (Å²) in [7, 11) is 6.26. The van der Waals surface area contributed by atoms with Crippen LogP contribution in [-0.2, 0) is 4.74 Å². The molecule has 1 N–H and O–H groups in total. The van der Waals surface area contributed by atoms with E-state index in [-0.39, 0.29) is 0 Å². The van der Waals surface area contributed by atoms with Gasteiger partial charge < -0.3 is 15.0 Å². The van der Waals surface area contributed by atoms with Gasteiger partial charge in [-0.1, -0.05) is 13.8 Å². The van der Waals surface area contributed by atoms with Gasteiger partial charge in [0.2, 0.25) is 0 Å². The van der Waals surface area contributed by atoms with Crippen molar-refractivity contribution >= 4 is 0 Å². The molecular weight excluding hydrogens is 238 g/mol. The van der Waals surface area contributed by atoms with E-state index < -0.39 is 0 Å². The topological polar surface area (TPSA) is 27.7 Å². The quantitative estimate of drug-likeness (QED) is 0.719. The first-order valence-electron chi connectivity index (χ1n) is 7.64. The van der Waals surface area contributed by atoms with Gasteiger partial charge in [-0.2, -0.15) is 0 Å². The van der Waals surface area contributed by atoms with Gasteiger partial charge in [-0.15, -0.1) is 0 Å². The number of piperidine rings is 1. The molecule has 0 saturated carbocycles. The maximum absolute atomic E-state index is 5.37. The smallest absolute Gasteiger partial charge is 0.0630 e. The van der Waals surface area contributed by atoms with E-state index in [1.807, 2.05) is 0 Å². The minimum absolute atomic E-state index is 0.479. The molecule has 4 nitrogen and oxygen atoms in total. The number of hydrogen-bond acceptors (Lipinski definition) is 4. The fourth-order valence-electron chi connectivity index (χ4n) is 2.71. The van der Waals surface area contributed by atoms with E-state index in [4.69, 9.17) is 4.74 Å². The summed E-state index contributed by atoms with van der Waals surface area (Å²) in [4.78, 5) is 4.92. The highest BCUT2D eigenvalue weighted by Gasteiger charge is 2.22. The summed E-state index contributed by atoms with van der Waals surface area (Å²) in [5.74, 6) is 0.847. The molecule has 19 heavy (non-hydrogen) atoms. The highest BCUT2D eigenvalue weighted by molar-refractivity contribution is 4.78. The molecule has 1 rings (SSSR count). The van der Waals surface area contributed by atoms with Gasteiger partial charge in [-0.3, -0.25) is 4.90 Å². The van der Waals surface area contributed by atoms with Crippen molar-refractivity contribution in [3.63, 3.8) is 0 Å².